The van der Waals surface area contributed by atoms with E-state index in [0.29, 0.717) is 12.0 Å². The average Bonchev–Trinajstić information content (AvgIpc) is 2.65. The third-order valence-electron chi connectivity index (χ3n) is 2.18. The molecule has 1 aromatic rings. The molecule has 0 aromatic carbocycles. The lowest BCUT2D eigenvalue weighted by Gasteiger charge is -2.18. The Morgan fingerprint density at radius 3 is 2.92 bits per heavy atom. The highest BCUT2D eigenvalue weighted by molar-refractivity contribution is 9.09. The van der Waals surface area contributed by atoms with Crippen molar-refractivity contribution in [3.05, 3.63) is 16.6 Å². The van der Waals surface area contributed by atoms with Gasteiger partial charge in [-0.05, 0) is 12.8 Å². The lowest BCUT2D eigenvalue weighted by Crippen LogP contribution is -2.32. The SMILES string of the molecule is CC(CBr)C(C)NCc1cncs1. The predicted molar refractivity (Wildman–Crippen MR) is 61.4 cm³/mol. The van der Waals surface area contributed by atoms with Crippen LogP contribution in [0.25, 0.3) is 0 Å². The third-order valence-corrected chi connectivity index (χ3v) is 3.98. The first-order valence-corrected chi connectivity index (χ1v) is 6.41. The van der Waals surface area contributed by atoms with E-state index < -0.39 is 0 Å². The maximum Gasteiger partial charge on any atom is 0.0794 e. The molecule has 1 aromatic heterocycles. The summed E-state index contributed by atoms with van der Waals surface area (Å²) < 4.78 is 0. The number of halogens is 1. The van der Waals surface area contributed by atoms with Gasteiger partial charge in [-0.1, -0.05) is 22.9 Å². The van der Waals surface area contributed by atoms with Gasteiger partial charge in [0.15, 0.2) is 0 Å². The van der Waals surface area contributed by atoms with Crippen LogP contribution in [0.1, 0.15) is 18.7 Å². The van der Waals surface area contributed by atoms with Crippen LogP contribution in [0.4, 0.5) is 0 Å². The van der Waals surface area contributed by atoms with Crippen LogP contribution in [0.2, 0.25) is 0 Å². The van der Waals surface area contributed by atoms with Crippen molar-refractivity contribution in [1.29, 1.82) is 0 Å². The van der Waals surface area contributed by atoms with Crippen molar-refractivity contribution in [2.75, 3.05) is 5.33 Å². The van der Waals surface area contributed by atoms with Gasteiger partial charge in [-0.15, -0.1) is 11.3 Å². The highest BCUT2D eigenvalue weighted by Gasteiger charge is 2.09. The Labute approximate surface area is 91.9 Å². The summed E-state index contributed by atoms with van der Waals surface area (Å²) in [5, 5.41) is 4.52. The van der Waals surface area contributed by atoms with Crippen molar-refractivity contribution in [3.8, 4) is 0 Å². The van der Waals surface area contributed by atoms with Crippen molar-refractivity contribution in [2.45, 2.75) is 26.4 Å². The van der Waals surface area contributed by atoms with Crippen LogP contribution in [-0.4, -0.2) is 16.4 Å². The molecule has 2 atom stereocenters. The van der Waals surface area contributed by atoms with E-state index in [2.05, 4.69) is 40.1 Å². The van der Waals surface area contributed by atoms with Crippen LogP contribution in [0.15, 0.2) is 11.7 Å². The summed E-state index contributed by atoms with van der Waals surface area (Å²) in [4.78, 5) is 5.33. The molecule has 0 saturated carbocycles. The van der Waals surface area contributed by atoms with Gasteiger partial charge in [-0.3, -0.25) is 4.98 Å². The van der Waals surface area contributed by atoms with Crippen molar-refractivity contribution in [1.82, 2.24) is 10.3 Å². The Morgan fingerprint density at radius 1 is 1.62 bits per heavy atom. The van der Waals surface area contributed by atoms with Gasteiger partial charge in [-0.25, -0.2) is 0 Å². The monoisotopic (exact) mass is 262 g/mol. The summed E-state index contributed by atoms with van der Waals surface area (Å²) in [6, 6.07) is 0.543. The molecule has 0 aliphatic rings. The molecule has 2 unspecified atom stereocenters. The highest BCUT2D eigenvalue weighted by Crippen LogP contribution is 2.09. The van der Waals surface area contributed by atoms with E-state index in [1.54, 1.807) is 11.3 Å². The Kier molecular flexibility index (Phi) is 4.91. The first-order chi connectivity index (χ1) is 6.24. The predicted octanol–water partition coefficient (Wildman–Crippen LogP) is 2.65. The van der Waals surface area contributed by atoms with Gasteiger partial charge in [0.2, 0.25) is 0 Å². The zero-order valence-electron chi connectivity index (χ0n) is 7.96. The Hall–Kier alpha value is 0.0700. The summed E-state index contributed by atoms with van der Waals surface area (Å²) in [5.41, 5.74) is 1.87. The fourth-order valence-electron chi connectivity index (χ4n) is 0.926. The lowest BCUT2D eigenvalue weighted by atomic mass is 10.1. The molecule has 0 radical (unpaired) electrons. The largest absolute Gasteiger partial charge is 0.309 e. The van der Waals surface area contributed by atoms with E-state index in [4.69, 9.17) is 0 Å². The highest BCUT2D eigenvalue weighted by atomic mass is 79.9. The van der Waals surface area contributed by atoms with E-state index in [1.165, 1.54) is 4.88 Å². The van der Waals surface area contributed by atoms with Crippen LogP contribution in [-0.2, 0) is 6.54 Å². The number of rotatable bonds is 5. The third kappa shape index (κ3) is 3.75. The summed E-state index contributed by atoms with van der Waals surface area (Å²) in [7, 11) is 0. The molecule has 4 heteroatoms. The molecule has 1 N–H and O–H groups in total. The van der Waals surface area contributed by atoms with Crippen LogP contribution in [0.3, 0.4) is 0 Å². The Morgan fingerprint density at radius 2 is 2.38 bits per heavy atom. The number of hydrogen-bond acceptors (Lipinski definition) is 3. The smallest absolute Gasteiger partial charge is 0.0794 e. The molecule has 13 heavy (non-hydrogen) atoms. The molecule has 2 nitrogen and oxygen atoms in total. The molecular weight excluding hydrogens is 248 g/mol. The molecule has 0 saturated heterocycles. The second-order valence-corrected chi connectivity index (χ2v) is 4.89. The van der Waals surface area contributed by atoms with Gasteiger partial charge in [0.25, 0.3) is 0 Å². The fourth-order valence-corrected chi connectivity index (χ4v) is 2.03. The Balaban J connectivity index is 2.26. The maximum atomic E-state index is 4.03. The topological polar surface area (TPSA) is 24.9 Å². The molecule has 74 valence electrons. The van der Waals surface area contributed by atoms with Crippen LogP contribution in [0, 0.1) is 5.92 Å². The lowest BCUT2D eigenvalue weighted by molar-refractivity contribution is 0.435. The first kappa shape index (κ1) is 11.1. The molecule has 0 fully saturated rings. The number of thiazole rings is 1. The second-order valence-electron chi connectivity index (χ2n) is 3.27. The van der Waals surface area contributed by atoms with Crippen molar-refractivity contribution < 1.29 is 0 Å². The summed E-state index contributed by atoms with van der Waals surface area (Å²) >= 11 is 5.18. The quantitative estimate of drug-likeness (QED) is 0.826. The minimum Gasteiger partial charge on any atom is -0.309 e. The van der Waals surface area contributed by atoms with Gasteiger partial charge >= 0.3 is 0 Å². The minimum atomic E-state index is 0.543. The maximum absolute atomic E-state index is 4.03. The van der Waals surface area contributed by atoms with Crippen LogP contribution in [0.5, 0.6) is 0 Å². The number of aromatic nitrogens is 1. The van der Waals surface area contributed by atoms with Crippen molar-refractivity contribution in [2.24, 2.45) is 5.92 Å². The van der Waals surface area contributed by atoms with Crippen molar-refractivity contribution in [3.63, 3.8) is 0 Å². The number of hydrogen-bond donors (Lipinski definition) is 1. The minimum absolute atomic E-state index is 0.543. The summed E-state index contributed by atoms with van der Waals surface area (Å²) in [6.07, 6.45) is 1.92. The zero-order valence-corrected chi connectivity index (χ0v) is 10.4. The van der Waals surface area contributed by atoms with Gasteiger partial charge in [-0.2, -0.15) is 0 Å². The molecule has 0 bridgehead atoms. The van der Waals surface area contributed by atoms with Crippen LogP contribution < -0.4 is 5.32 Å². The molecule has 1 heterocycles. The zero-order chi connectivity index (χ0) is 9.68. The van der Waals surface area contributed by atoms with Gasteiger partial charge in [0.1, 0.15) is 0 Å². The van der Waals surface area contributed by atoms with E-state index in [1.807, 2.05) is 11.7 Å². The standard InChI is InChI=1S/C9H15BrN2S/c1-7(3-10)8(2)12-5-9-4-11-6-13-9/h4,6-8,12H,3,5H2,1-2H3. The van der Waals surface area contributed by atoms with E-state index in [-0.39, 0.29) is 0 Å². The summed E-state index contributed by atoms with van der Waals surface area (Å²) in [6.45, 7) is 5.38. The van der Waals surface area contributed by atoms with E-state index in [9.17, 15) is 0 Å². The number of nitrogens with zero attached hydrogens (tertiary/aromatic N) is 1. The normalized spacial score (nSPS) is 15.6. The fraction of sp³-hybridized carbons (Fsp3) is 0.667. The van der Waals surface area contributed by atoms with Gasteiger partial charge in [0, 0.05) is 29.0 Å². The van der Waals surface area contributed by atoms with Crippen LogP contribution >= 0.6 is 27.3 Å². The first-order valence-electron chi connectivity index (χ1n) is 4.40. The molecule has 0 spiro atoms. The molecule has 1 rings (SSSR count). The van der Waals surface area contributed by atoms with E-state index >= 15 is 0 Å². The van der Waals surface area contributed by atoms with E-state index in [0.717, 1.165) is 11.9 Å². The molecule has 0 aliphatic heterocycles. The van der Waals surface area contributed by atoms with Gasteiger partial charge < -0.3 is 5.32 Å². The van der Waals surface area contributed by atoms with Gasteiger partial charge in [0.05, 0.1) is 5.51 Å². The number of nitrogens with one attached hydrogen (secondary N) is 1. The Bertz CT molecular complexity index is 226. The number of alkyl halides is 1. The molecule has 0 aliphatic carbocycles. The molecular formula is C9H15BrN2S. The summed E-state index contributed by atoms with van der Waals surface area (Å²) in [5.74, 6) is 0.660. The molecule has 0 amide bonds. The second kappa shape index (κ2) is 5.73. The average molecular weight is 263 g/mol. The van der Waals surface area contributed by atoms with Crippen molar-refractivity contribution >= 4 is 27.3 Å².